The lowest BCUT2D eigenvalue weighted by Gasteiger charge is -2.05. The maximum absolute atomic E-state index is 12.2. The van der Waals surface area contributed by atoms with Gasteiger partial charge in [-0.05, 0) is 35.4 Å². The third-order valence-electron chi connectivity index (χ3n) is 6.36. The Bertz CT molecular complexity index is 2050. The third kappa shape index (κ3) is 8.96. The first-order valence-corrected chi connectivity index (χ1v) is 15.8. The molecule has 6 rings (SSSR count). The Hall–Kier alpha value is -4.80. The number of amides is 1. The number of ether oxygens (including phenoxy) is 2. The zero-order valence-corrected chi connectivity index (χ0v) is 27.8. The number of benzene rings is 2. The first kappa shape index (κ1) is 37.7. The van der Waals surface area contributed by atoms with Crippen LogP contribution in [0, 0.1) is 0 Å². The summed E-state index contributed by atoms with van der Waals surface area (Å²) in [6.07, 6.45) is 3.52. The van der Waals surface area contributed by atoms with Gasteiger partial charge in [-0.3, -0.25) is 15.0 Å². The third-order valence-corrected chi connectivity index (χ3v) is 9.40. The Balaban J connectivity index is 0.000000212. The maximum atomic E-state index is 12.2. The molecule has 0 fully saturated rings. The van der Waals surface area contributed by atoms with Crippen LogP contribution in [0.3, 0.4) is 0 Å². The Kier molecular flexibility index (Phi) is 13.6. The molecule has 0 saturated carbocycles. The van der Waals surface area contributed by atoms with Crippen molar-refractivity contribution in [3.63, 3.8) is 0 Å². The number of nitrogens with zero attached hydrogens (tertiary/aromatic N) is 2. The number of aromatic nitrogens is 4. The highest BCUT2D eigenvalue weighted by Crippen LogP contribution is 2.28. The van der Waals surface area contributed by atoms with Crippen molar-refractivity contribution in [3.8, 4) is 0 Å². The van der Waals surface area contributed by atoms with E-state index in [-0.39, 0.29) is 38.0 Å². The number of carboxylic acid groups (broad SMARTS) is 1. The van der Waals surface area contributed by atoms with Crippen LogP contribution in [0.5, 0.6) is 0 Å². The molecular formula is C31H30Cl2N6O7S2. The first-order valence-electron chi connectivity index (χ1n) is 13.4. The molecule has 6 aromatic rings. The maximum Gasteiger partial charge on any atom is 0.349 e. The molecule has 0 aliphatic rings. The largest absolute Gasteiger partial charge is 0.477 e. The number of nitrogens with two attached hydrogens (primary N) is 1. The van der Waals surface area contributed by atoms with E-state index in [2.05, 4.69) is 35.2 Å². The summed E-state index contributed by atoms with van der Waals surface area (Å²) >= 11 is 13.4. The van der Waals surface area contributed by atoms with Gasteiger partial charge in [-0.25, -0.2) is 14.4 Å². The van der Waals surface area contributed by atoms with E-state index in [0.717, 1.165) is 55.6 Å². The lowest BCUT2D eigenvalue weighted by atomic mass is 10.1. The smallest absolute Gasteiger partial charge is 0.349 e. The molecule has 0 spiro atoms. The molecule has 17 heteroatoms. The number of aromatic amines is 2. The van der Waals surface area contributed by atoms with E-state index in [1.807, 2.05) is 36.4 Å². The van der Waals surface area contributed by atoms with Crippen molar-refractivity contribution >= 4 is 91.5 Å². The monoisotopic (exact) mass is 732 g/mol. The van der Waals surface area contributed by atoms with Crippen LogP contribution in [-0.2, 0) is 22.6 Å². The fraction of sp³-hybridized carbons (Fsp3) is 0.161. The quantitative estimate of drug-likeness (QED) is 0.112. The molecule has 252 valence electrons. The van der Waals surface area contributed by atoms with Gasteiger partial charge < -0.3 is 25.6 Å². The minimum Gasteiger partial charge on any atom is -0.477 e. The summed E-state index contributed by atoms with van der Waals surface area (Å²) in [6, 6.07) is 14.4. The van der Waals surface area contributed by atoms with Crippen molar-refractivity contribution in [2.75, 3.05) is 14.2 Å². The minimum absolute atomic E-state index is 0. The Morgan fingerprint density at radius 3 is 1.79 bits per heavy atom. The summed E-state index contributed by atoms with van der Waals surface area (Å²) in [5.74, 6) is -2.58. The average molecular weight is 734 g/mol. The van der Waals surface area contributed by atoms with Crippen LogP contribution in [0.15, 0.2) is 60.9 Å². The number of carbonyl (C=O) groups excluding carboxylic acids is 3. The number of thiophene rings is 2. The number of carbonyl (C=O) groups is 4. The molecule has 1 amide bonds. The van der Waals surface area contributed by atoms with Gasteiger partial charge in [0.2, 0.25) is 0 Å². The number of hydrogen-bond donors (Lipinski definition) is 5. The van der Waals surface area contributed by atoms with E-state index in [4.69, 9.17) is 34.0 Å². The lowest BCUT2D eigenvalue weighted by molar-refractivity contribution is 0.0597. The standard InChI is InChI=1S/C15H12ClN3O3S.C8H9N3.C7H5ClO4S.CH4/c1-22-15(21)13-10(16)5-12(23-13)14(20)17-6-8-3-2-4-11-9(8)7-18-19-11;9-4-6-2-1-3-8-7(6)5-10-11-8;1-12-7(11)5-3(8)2-4(13-5)6(9)10;/h2-5,7H,6H2,1H3,(H,17,20)(H,18,19);1-3,5H,4,9H2,(H,10,11);2H,1H3,(H,9,10);1H4. The molecule has 0 bridgehead atoms. The van der Waals surface area contributed by atoms with Crippen LogP contribution in [0.4, 0.5) is 0 Å². The van der Waals surface area contributed by atoms with Gasteiger partial charge in [0.1, 0.15) is 14.6 Å². The highest BCUT2D eigenvalue weighted by molar-refractivity contribution is 7.16. The van der Waals surface area contributed by atoms with Crippen LogP contribution in [0.2, 0.25) is 10.0 Å². The normalized spacial score (nSPS) is 10.2. The molecule has 0 radical (unpaired) electrons. The van der Waals surface area contributed by atoms with Crippen molar-refractivity contribution < 1.29 is 33.8 Å². The molecule has 4 aromatic heterocycles. The predicted octanol–water partition coefficient (Wildman–Crippen LogP) is 6.54. The molecule has 0 aliphatic heterocycles. The van der Waals surface area contributed by atoms with Crippen molar-refractivity contribution in [1.29, 1.82) is 0 Å². The summed E-state index contributed by atoms with van der Waals surface area (Å²) in [6.45, 7) is 0.912. The number of esters is 2. The number of methoxy groups -OCH3 is 2. The van der Waals surface area contributed by atoms with Crippen molar-refractivity contribution in [1.82, 2.24) is 25.7 Å². The molecule has 2 aromatic carbocycles. The van der Waals surface area contributed by atoms with Gasteiger partial charge in [-0.1, -0.05) is 54.9 Å². The fourth-order valence-electron chi connectivity index (χ4n) is 4.07. The number of carboxylic acids is 1. The molecule has 13 nitrogen and oxygen atoms in total. The van der Waals surface area contributed by atoms with E-state index in [9.17, 15) is 19.2 Å². The van der Waals surface area contributed by atoms with Crippen LogP contribution in [0.25, 0.3) is 21.8 Å². The van der Waals surface area contributed by atoms with E-state index in [1.54, 1.807) is 12.4 Å². The summed E-state index contributed by atoms with van der Waals surface area (Å²) in [5.41, 5.74) is 9.57. The molecule has 0 saturated heterocycles. The van der Waals surface area contributed by atoms with Gasteiger partial charge in [0.25, 0.3) is 5.91 Å². The summed E-state index contributed by atoms with van der Waals surface area (Å²) < 4.78 is 9.03. The highest BCUT2D eigenvalue weighted by atomic mass is 35.5. The predicted molar refractivity (Wildman–Crippen MR) is 186 cm³/mol. The van der Waals surface area contributed by atoms with Crippen molar-refractivity contribution in [2.45, 2.75) is 20.5 Å². The molecule has 0 aliphatic carbocycles. The van der Waals surface area contributed by atoms with Gasteiger partial charge in [0.05, 0.1) is 52.6 Å². The molecule has 4 heterocycles. The van der Waals surface area contributed by atoms with Crippen LogP contribution in [-0.4, -0.2) is 63.5 Å². The molecule has 6 N–H and O–H groups in total. The van der Waals surface area contributed by atoms with Crippen LogP contribution in [0.1, 0.15) is 57.2 Å². The van der Waals surface area contributed by atoms with Crippen molar-refractivity contribution in [3.05, 3.63) is 102 Å². The van der Waals surface area contributed by atoms with E-state index in [1.165, 1.54) is 26.4 Å². The summed E-state index contributed by atoms with van der Waals surface area (Å²) in [5, 5.41) is 27.5. The molecule has 48 heavy (non-hydrogen) atoms. The number of nitrogens with one attached hydrogen (secondary N) is 3. The summed E-state index contributed by atoms with van der Waals surface area (Å²) in [4.78, 5) is 45.9. The highest BCUT2D eigenvalue weighted by Gasteiger charge is 2.20. The Labute approximate surface area is 292 Å². The summed E-state index contributed by atoms with van der Waals surface area (Å²) in [7, 11) is 2.47. The number of H-pyrrole nitrogens is 2. The van der Waals surface area contributed by atoms with Gasteiger partial charge in [-0.2, -0.15) is 10.2 Å². The van der Waals surface area contributed by atoms with Crippen LogP contribution >= 0.6 is 45.9 Å². The van der Waals surface area contributed by atoms with Gasteiger partial charge in [0.15, 0.2) is 0 Å². The van der Waals surface area contributed by atoms with Gasteiger partial charge >= 0.3 is 17.9 Å². The number of rotatable bonds is 7. The van der Waals surface area contributed by atoms with Gasteiger partial charge in [0, 0.05) is 23.9 Å². The molecule has 0 unspecified atom stereocenters. The molecular weight excluding hydrogens is 703 g/mol. The second-order valence-electron chi connectivity index (χ2n) is 9.25. The fourth-order valence-corrected chi connectivity index (χ4v) is 6.50. The van der Waals surface area contributed by atoms with E-state index in [0.29, 0.717) is 18.0 Å². The van der Waals surface area contributed by atoms with E-state index < -0.39 is 17.9 Å². The number of fused-ring (bicyclic) bond motifs is 2. The number of hydrogen-bond acceptors (Lipinski definition) is 11. The number of aromatic carboxylic acids is 1. The van der Waals surface area contributed by atoms with Crippen molar-refractivity contribution in [2.24, 2.45) is 5.73 Å². The number of halogens is 2. The van der Waals surface area contributed by atoms with Crippen LogP contribution < -0.4 is 11.1 Å². The second kappa shape index (κ2) is 17.4. The van der Waals surface area contributed by atoms with E-state index >= 15 is 0 Å². The average Bonchev–Trinajstić information content (AvgIpc) is 3.89. The zero-order valence-electron chi connectivity index (χ0n) is 24.6. The topological polar surface area (TPSA) is 202 Å². The Morgan fingerprint density at radius 1 is 0.833 bits per heavy atom. The zero-order chi connectivity index (χ0) is 34.1. The Morgan fingerprint density at radius 2 is 1.31 bits per heavy atom. The van der Waals surface area contributed by atoms with Gasteiger partial charge in [-0.15, -0.1) is 22.7 Å². The minimum atomic E-state index is -1.11. The lowest BCUT2D eigenvalue weighted by Crippen LogP contribution is -2.21. The second-order valence-corrected chi connectivity index (χ2v) is 12.2. The molecule has 0 atom stereocenters. The SMILES string of the molecule is C.COC(=O)c1sc(C(=O)NCc2cccc3[nH]ncc23)cc1Cl.COC(=O)c1sc(C(=O)O)cc1Cl.NCc1cccc2[nH]ncc12. The first-order chi connectivity index (χ1) is 22.6.